The number of amides is 1. The van der Waals surface area contributed by atoms with Gasteiger partial charge in [-0.05, 0) is 38.0 Å². The summed E-state index contributed by atoms with van der Waals surface area (Å²) in [7, 11) is 0. The first-order valence-corrected chi connectivity index (χ1v) is 12.0. The minimum absolute atomic E-state index is 0.0477. The summed E-state index contributed by atoms with van der Waals surface area (Å²) in [5.74, 6) is 1.55. The summed E-state index contributed by atoms with van der Waals surface area (Å²) < 4.78 is 47.1. The van der Waals surface area contributed by atoms with Crippen molar-refractivity contribution in [1.29, 1.82) is 0 Å². The van der Waals surface area contributed by atoms with Crippen molar-refractivity contribution in [2.75, 3.05) is 44.4 Å². The fourth-order valence-electron chi connectivity index (χ4n) is 4.86. The molecule has 0 bridgehead atoms. The van der Waals surface area contributed by atoms with E-state index in [-0.39, 0.29) is 23.8 Å². The molecule has 0 aliphatic carbocycles. The fraction of sp³-hybridized carbons (Fsp3) is 0.520. The first-order chi connectivity index (χ1) is 17.0. The van der Waals surface area contributed by atoms with Crippen LogP contribution in [0, 0.1) is 12.8 Å². The van der Waals surface area contributed by atoms with Crippen molar-refractivity contribution < 1.29 is 32.5 Å². The Kier molecular flexibility index (Phi) is 6.90. The molecule has 188 valence electrons. The van der Waals surface area contributed by atoms with Crippen LogP contribution in [0.3, 0.4) is 0 Å². The van der Waals surface area contributed by atoms with Crippen molar-refractivity contribution in [3.05, 3.63) is 36.0 Å². The van der Waals surface area contributed by atoms with Crippen LogP contribution in [0.15, 0.2) is 30.5 Å². The number of hydrogen-bond acceptors (Lipinski definition) is 7. The lowest BCUT2D eigenvalue weighted by Gasteiger charge is -2.32. The maximum absolute atomic E-state index is 12.8. The highest BCUT2D eigenvalue weighted by Crippen LogP contribution is 2.40. The number of ether oxygens (including phenoxy) is 4. The Labute approximate surface area is 202 Å². The lowest BCUT2D eigenvalue weighted by molar-refractivity contribution is -0.137. The molecule has 2 aromatic rings. The molecule has 1 amide bonds. The molecule has 1 atom stereocenters. The second kappa shape index (κ2) is 10.2. The van der Waals surface area contributed by atoms with E-state index in [1.165, 1.54) is 6.20 Å². The SMILES string of the molecule is Cc1cc(N2CCOc3ccc(OC4CCN(C(=O)C5CCOCC5)C4)cc32)cnc1OC(F)F. The number of aryl methyl sites for hydroxylation is 1. The largest absolute Gasteiger partial charge is 0.490 e. The summed E-state index contributed by atoms with van der Waals surface area (Å²) in [5.41, 5.74) is 2.08. The Morgan fingerprint density at radius 1 is 1.14 bits per heavy atom. The standard InChI is InChI=1S/C25H29F2N3O5/c1-16-12-18(14-28-23(16)35-25(26)27)30-8-11-33-22-3-2-19(13-21(22)30)34-20-4-7-29(15-20)24(31)17-5-9-32-10-6-17/h2-3,12-14,17,20,25H,4-11,15H2,1H3. The molecule has 4 heterocycles. The molecule has 1 aromatic carbocycles. The lowest BCUT2D eigenvalue weighted by Crippen LogP contribution is -2.38. The summed E-state index contributed by atoms with van der Waals surface area (Å²) in [5, 5.41) is 0. The van der Waals surface area contributed by atoms with Crippen LogP contribution < -0.4 is 19.1 Å². The molecule has 5 rings (SSSR count). The Balaban J connectivity index is 1.28. The molecule has 2 fully saturated rings. The molecular weight excluding hydrogens is 460 g/mol. The summed E-state index contributed by atoms with van der Waals surface area (Å²) in [6, 6.07) is 7.42. The fourth-order valence-corrected chi connectivity index (χ4v) is 4.86. The van der Waals surface area contributed by atoms with Crippen molar-refractivity contribution in [1.82, 2.24) is 9.88 Å². The topological polar surface area (TPSA) is 73.4 Å². The van der Waals surface area contributed by atoms with Gasteiger partial charge in [0.15, 0.2) is 0 Å². The van der Waals surface area contributed by atoms with Crippen molar-refractivity contribution >= 4 is 17.3 Å². The summed E-state index contributed by atoms with van der Waals surface area (Å²) in [6.45, 7) is 2.37. The van der Waals surface area contributed by atoms with Gasteiger partial charge >= 0.3 is 6.61 Å². The Bertz CT molecular complexity index is 1060. The van der Waals surface area contributed by atoms with Gasteiger partial charge in [0.25, 0.3) is 0 Å². The monoisotopic (exact) mass is 489 g/mol. The molecule has 0 radical (unpaired) electrons. The van der Waals surface area contributed by atoms with Crippen LogP contribution in [0.2, 0.25) is 0 Å². The maximum atomic E-state index is 12.8. The van der Waals surface area contributed by atoms with Crippen molar-refractivity contribution in [2.24, 2.45) is 5.92 Å². The minimum atomic E-state index is -2.92. The third-order valence-corrected chi connectivity index (χ3v) is 6.65. The number of likely N-dealkylation sites (tertiary alicyclic amines) is 1. The van der Waals surface area contributed by atoms with E-state index in [0.717, 1.165) is 30.6 Å². The van der Waals surface area contributed by atoms with Gasteiger partial charge in [0.2, 0.25) is 11.8 Å². The number of alkyl halides is 2. The minimum Gasteiger partial charge on any atom is -0.490 e. The lowest BCUT2D eigenvalue weighted by atomic mass is 9.99. The number of anilines is 2. The molecule has 8 nitrogen and oxygen atoms in total. The van der Waals surface area contributed by atoms with E-state index < -0.39 is 6.61 Å². The number of carbonyl (C=O) groups is 1. The van der Waals surface area contributed by atoms with Gasteiger partial charge in [-0.3, -0.25) is 4.79 Å². The van der Waals surface area contributed by atoms with E-state index in [0.29, 0.717) is 56.5 Å². The molecule has 35 heavy (non-hydrogen) atoms. The average Bonchev–Trinajstić information content (AvgIpc) is 3.33. The first-order valence-electron chi connectivity index (χ1n) is 12.0. The highest BCUT2D eigenvalue weighted by Gasteiger charge is 2.33. The predicted molar refractivity (Wildman–Crippen MR) is 124 cm³/mol. The summed E-state index contributed by atoms with van der Waals surface area (Å²) >= 11 is 0. The zero-order valence-electron chi connectivity index (χ0n) is 19.6. The summed E-state index contributed by atoms with van der Waals surface area (Å²) in [4.78, 5) is 20.8. The zero-order valence-corrected chi connectivity index (χ0v) is 19.6. The van der Waals surface area contributed by atoms with Gasteiger partial charge in [0.05, 0.1) is 30.7 Å². The molecule has 0 saturated carbocycles. The van der Waals surface area contributed by atoms with Gasteiger partial charge in [-0.2, -0.15) is 8.78 Å². The van der Waals surface area contributed by atoms with Crippen LogP contribution in [-0.2, 0) is 9.53 Å². The number of pyridine rings is 1. The Morgan fingerprint density at radius 3 is 2.74 bits per heavy atom. The second-order valence-electron chi connectivity index (χ2n) is 9.02. The van der Waals surface area contributed by atoms with Crippen LogP contribution in [0.5, 0.6) is 17.4 Å². The number of halogens is 2. The summed E-state index contributed by atoms with van der Waals surface area (Å²) in [6.07, 6.45) is 3.78. The quantitative estimate of drug-likeness (QED) is 0.609. The molecule has 1 aromatic heterocycles. The maximum Gasteiger partial charge on any atom is 0.388 e. The smallest absolute Gasteiger partial charge is 0.388 e. The number of fused-ring (bicyclic) bond motifs is 1. The molecule has 0 spiro atoms. The second-order valence-corrected chi connectivity index (χ2v) is 9.02. The van der Waals surface area contributed by atoms with Crippen molar-refractivity contribution in [2.45, 2.75) is 38.9 Å². The van der Waals surface area contributed by atoms with Gasteiger partial charge in [-0.15, -0.1) is 0 Å². The number of benzene rings is 1. The van der Waals surface area contributed by atoms with E-state index in [1.54, 1.807) is 13.0 Å². The van der Waals surface area contributed by atoms with E-state index in [1.807, 2.05) is 28.0 Å². The first kappa shape index (κ1) is 23.6. The van der Waals surface area contributed by atoms with Gasteiger partial charge in [0.1, 0.15) is 24.2 Å². The Hall–Kier alpha value is -3.14. The van der Waals surface area contributed by atoms with Gasteiger partial charge in [0, 0.05) is 43.7 Å². The molecular formula is C25H29F2N3O5. The molecule has 1 unspecified atom stereocenters. The van der Waals surface area contributed by atoms with Gasteiger partial charge in [-0.25, -0.2) is 4.98 Å². The van der Waals surface area contributed by atoms with Crippen LogP contribution in [0.25, 0.3) is 0 Å². The Morgan fingerprint density at radius 2 is 1.97 bits per heavy atom. The highest BCUT2D eigenvalue weighted by molar-refractivity contribution is 5.79. The van der Waals surface area contributed by atoms with E-state index in [9.17, 15) is 13.6 Å². The number of hydrogen-bond donors (Lipinski definition) is 0. The highest BCUT2D eigenvalue weighted by atomic mass is 19.3. The molecule has 10 heteroatoms. The number of carbonyl (C=O) groups excluding carboxylic acids is 1. The van der Waals surface area contributed by atoms with E-state index >= 15 is 0 Å². The van der Waals surface area contributed by atoms with Crippen LogP contribution in [0.1, 0.15) is 24.8 Å². The normalized spacial score (nSPS) is 20.5. The van der Waals surface area contributed by atoms with Crippen LogP contribution in [-0.4, -0.2) is 68.0 Å². The van der Waals surface area contributed by atoms with Crippen molar-refractivity contribution in [3.63, 3.8) is 0 Å². The van der Waals surface area contributed by atoms with Crippen molar-refractivity contribution in [3.8, 4) is 17.4 Å². The van der Waals surface area contributed by atoms with Gasteiger partial charge in [-0.1, -0.05) is 0 Å². The van der Waals surface area contributed by atoms with E-state index in [2.05, 4.69) is 9.72 Å². The molecule has 2 saturated heterocycles. The molecule has 3 aliphatic rings. The number of aromatic nitrogens is 1. The average molecular weight is 490 g/mol. The number of nitrogens with zero attached hydrogens (tertiary/aromatic N) is 3. The van der Waals surface area contributed by atoms with E-state index in [4.69, 9.17) is 14.2 Å². The predicted octanol–water partition coefficient (Wildman–Crippen LogP) is 3.93. The number of rotatable bonds is 6. The van der Waals surface area contributed by atoms with Crippen LogP contribution >= 0.6 is 0 Å². The zero-order chi connectivity index (χ0) is 24.4. The van der Waals surface area contributed by atoms with Crippen LogP contribution in [0.4, 0.5) is 20.2 Å². The molecule has 3 aliphatic heterocycles. The van der Waals surface area contributed by atoms with Gasteiger partial charge < -0.3 is 28.7 Å². The third kappa shape index (κ3) is 5.27. The third-order valence-electron chi connectivity index (χ3n) is 6.65. The molecule has 0 N–H and O–H groups in total.